The van der Waals surface area contributed by atoms with E-state index in [0.717, 1.165) is 18.7 Å². The molecule has 2 heterocycles. The van der Waals surface area contributed by atoms with Gasteiger partial charge in [0.05, 0.1) is 11.3 Å². The number of nitrogens with zero attached hydrogens (tertiary/aromatic N) is 2. The van der Waals surface area contributed by atoms with Crippen molar-refractivity contribution in [2.45, 2.75) is 32.2 Å². The van der Waals surface area contributed by atoms with Gasteiger partial charge in [-0.15, -0.1) is 0 Å². The van der Waals surface area contributed by atoms with Crippen molar-refractivity contribution in [3.8, 4) is 11.3 Å². The van der Waals surface area contributed by atoms with E-state index in [1.165, 1.54) is 24.8 Å². The zero-order valence-corrected chi connectivity index (χ0v) is 13.4. The molecular formula is C19H22N2O2. The maximum atomic E-state index is 11.3. The highest BCUT2D eigenvalue weighted by Crippen LogP contribution is 2.27. The molecule has 23 heavy (non-hydrogen) atoms. The molecule has 1 aromatic carbocycles. The molecule has 0 amide bonds. The van der Waals surface area contributed by atoms with E-state index in [9.17, 15) is 9.90 Å². The standard InChI is InChI=1S/C19H22N2O2/c1-14(21-12-3-2-4-13-21)15-7-9-16(10-8-15)18-17(19(22)23)6-5-11-20-18/h5-11,14H,2-4,12-13H2,1H3,(H,22,23). The number of likely N-dealkylation sites (tertiary alicyclic amines) is 1. The van der Waals surface area contributed by atoms with Crippen molar-refractivity contribution >= 4 is 5.97 Å². The number of benzene rings is 1. The SMILES string of the molecule is CC(c1ccc(-c2ncccc2C(=O)O)cc1)N1CCCCC1. The van der Waals surface area contributed by atoms with E-state index < -0.39 is 5.97 Å². The van der Waals surface area contributed by atoms with Crippen molar-refractivity contribution < 1.29 is 9.90 Å². The molecule has 1 N–H and O–H groups in total. The molecule has 1 atom stereocenters. The summed E-state index contributed by atoms with van der Waals surface area (Å²) in [5.74, 6) is -0.945. The fourth-order valence-electron chi connectivity index (χ4n) is 3.24. The summed E-state index contributed by atoms with van der Waals surface area (Å²) in [7, 11) is 0. The summed E-state index contributed by atoms with van der Waals surface area (Å²) in [6.07, 6.45) is 5.52. The third-order valence-electron chi connectivity index (χ3n) is 4.64. The number of aromatic carboxylic acids is 1. The van der Waals surface area contributed by atoms with Crippen molar-refractivity contribution in [2.24, 2.45) is 0 Å². The zero-order valence-electron chi connectivity index (χ0n) is 13.4. The van der Waals surface area contributed by atoms with E-state index >= 15 is 0 Å². The van der Waals surface area contributed by atoms with Gasteiger partial charge in [-0.1, -0.05) is 30.7 Å². The molecule has 0 bridgehead atoms. The van der Waals surface area contributed by atoms with Crippen LogP contribution in [-0.2, 0) is 0 Å². The predicted octanol–water partition coefficient (Wildman–Crippen LogP) is 3.99. The number of carboxylic acid groups (broad SMARTS) is 1. The van der Waals surface area contributed by atoms with Crippen LogP contribution in [0.5, 0.6) is 0 Å². The molecule has 3 rings (SSSR count). The summed E-state index contributed by atoms with van der Waals surface area (Å²) in [5.41, 5.74) is 2.88. The predicted molar refractivity (Wildman–Crippen MR) is 90.5 cm³/mol. The average Bonchev–Trinajstić information content (AvgIpc) is 2.62. The summed E-state index contributed by atoms with van der Waals surface area (Å²) >= 11 is 0. The summed E-state index contributed by atoms with van der Waals surface area (Å²) in [5, 5.41) is 9.29. The molecular weight excluding hydrogens is 288 g/mol. The largest absolute Gasteiger partial charge is 0.478 e. The lowest BCUT2D eigenvalue weighted by Gasteiger charge is -2.32. The molecule has 0 radical (unpaired) electrons. The van der Waals surface area contributed by atoms with Crippen molar-refractivity contribution in [3.05, 3.63) is 53.7 Å². The quantitative estimate of drug-likeness (QED) is 0.927. The Bertz CT molecular complexity index is 676. The zero-order chi connectivity index (χ0) is 16.2. The first-order valence-corrected chi connectivity index (χ1v) is 8.19. The Morgan fingerprint density at radius 2 is 1.83 bits per heavy atom. The van der Waals surface area contributed by atoms with Crippen molar-refractivity contribution in [1.82, 2.24) is 9.88 Å². The lowest BCUT2D eigenvalue weighted by Crippen LogP contribution is -2.32. The summed E-state index contributed by atoms with van der Waals surface area (Å²) in [6.45, 7) is 4.56. The summed E-state index contributed by atoms with van der Waals surface area (Å²) < 4.78 is 0. The lowest BCUT2D eigenvalue weighted by molar-refractivity contribution is 0.0697. The highest BCUT2D eigenvalue weighted by Gasteiger charge is 2.18. The number of carbonyl (C=O) groups is 1. The second-order valence-corrected chi connectivity index (χ2v) is 6.10. The Morgan fingerprint density at radius 3 is 2.48 bits per heavy atom. The summed E-state index contributed by atoms with van der Waals surface area (Å²) in [6, 6.07) is 11.8. The van der Waals surface area contributed by atoms with Crippen LogP contribution in [0, 0.1) is 0 Å². The topological polar surface area (TPSA) is 53.4 Å². The Kier molecular flexibility index (Phi) is 4.72. The first-order chi connectivity index (χ1) is 11.2. The molecule has 1 aromatic heterocycles. The minimum absolute atomic E-state index is 0.240. The van der Waals surface area contributed by atoms with Gasteiger partial charge in [0.1, 0.15) is 0 Å². The molecule has 1 unspecified atom stereocenters. The van der Waals surface area contributed by atoms with Crippen LogP contribution in [0.15, 0.2) is 42.6 Å². The Balaban J connectivity index is 1.83. The van der Waals surface area contributed by atoms with Gasteiger partial charge in [-0.05, 0) is 50.6 Å². The average molecular weight is 310 g/mol. The molecule has 0 saturated carbocycles. The maximum Gasteiger partial charge on any atom is 0.337 e. The molecule has 4 nitrogen and oxygen atoms in total. The van der Waals surface area contributed by atoms with Crippen LogP contribution in [0.25, 0.3) is 11.3 Å². The minimum Gasteiger partial charge on any atom is -0.478 e. The van der Waals surface area contributed by atoms with Crippen LogP contribution in [0.2, 0.25) is 0 Å². The van der Waals surface area contributed by atoms with Gasteiger partial charge < -0.3 is 5.11 Å². The normalized spacial score (nSPS) is 16.9. The number of carboxylic acids is 1. The third kappa shape index (κ3) is 3.42. The van der Waals surface area contributed by atoms with Gasteiger partial charge in [0.15, 0.2) is 0 Å². The molecule has 120 valence electrons. The van der Waals surface area contributed by atoms with E-state index in [2.05, 4.69) is 28.9 Å². The number of pyridine rings is 1. The van der Waals surface area contributed by atoms with Crippen LogP contribution in [0.3, 0.4) is 0 Å². The molecule has 1 saturated heterocycles. The molecule has 0 aliphatic carbocycles. The van der Waals surface area contributed by atoms with Gasteiger partial charge in [0.2, 0.25) is 0 Å². The van der Waals surface area contributed by atoms with E-state index in [-0.39, 0.29) is 5.56 Å². The lowest BCUT2D eigenvalue weighted by atomic mass is 9.99. The highest BCUT2D eigenvalue weighted by atomic mass is 16.4. The van der Waals surface area contributed by atoms with Crippen molar-refractivity contribution in [1.29, 1.82) is 0 Å². The van der Waals surface area contributed by atoms with E-state index in [1.807, 2.05) is 12.1 Å². The first-order valence-electron chi connectivity index (χ1n) is 8.19. The van der Waals surface area contributed by atoms with Crippen LogP contribution in [0.4, 0.5) is 0 Å². The van der Waals surface area contributed by atoms with Crippen molar-refractivity contribution in [2.75, 3.05) is 13.1 Å². The van der Waals surface area contributed by atoms with Gasteiger partial charge in [-0.2, -0.15) is 0 Å². The monoisotopic (exact) mass is 310 g/mol. The van der Waals surface area contributed by atoms with Crippen LogP contribution in [-0.4, -0.2) is 34.0 Å². The van der Waals surface area contributed by atoms with Gasteiger partial charge in [0, 0.05) is 17.8 Å². The Labute approximate surface area is 136 Å². The summed E-state index contributed by atoms with van der Waals surface area (Å²) in [4.78, 5) is 18.1. The third-order valence-corrected chi connectivity index (χ3v) is 4.64. The molecule has 0 spiro atoms. The van der Waals surface area contributed by atoms with E-state index in [0.29, 0.717) is 11.7 Å². The van der Waals surface area contributed by atoms with Crippen LogP contribution < -0.4 is 0 Å². The molecule has 1 aliphatic heterocycles. The number of aromatic nitrogens is 1. The number of rotatable bonds is 4. The van der Waals surface area contributed by atoms with Gasteiger partial charge in [-0.25, -0.2) is 4.79 Å². The van der Waals surface area contributed by atoms with E-state index in [1.54, 1.807) is 18.3 Å². The minimum atomic E-state index is -0.945. The molecule has 2 aromatic rings. The second-order valence-electron chi connectivity index (χ2n) is 6.10. The molecule has 1 aliphatic rings. The smallest absolute Gasteiger partial charge is 0.337 e. The van der Waals surface area contributed by atoms with Crippen LogP contribution >= 0.6 is 0 Å². The van der Waals surface area contributed by atoms with Gasteiger partial charge in [0.25, 0.3) is 0 Å². The fourth-order valence-corrected chi connectivity index (χ4v) is 3.24. The number of hydrogen-bond acceptors (Lipinski definition) is 3. The van der Waals surface area contributed by atoms with Crippen molar-refractivity contribution in [3.63, 3.8) is 0 Å². The first kappa shape index (κ1) is 15.7. The maximum absolute atomic E-state index is 11.3. The Morgan fingerprint density at radius 1 is 1.13 bits per heavy atom. The number of piperidine rings is 1. The fraction of sp³-hybridized carbons (Fsp3) is 0.368. The van der Waals surface area contributed by atoms with Gasteiger partial charge >= 0.3 is 5.97 Å². The second kappa shape index (κ2) is 6.92. The van der Waals surface area contributed by atoms with Crippen LogP contribution in [0.1, 0.15) is 48.1 Å². The highest BCUT2D eigenvalue weighted by molar-refractivity contribution is 5.94. The molecule has 4 heteroatoms. The number of hydrogen-bond donors (Lipinski definition) is 1. The Hall–Kier alpha value is -2.20. The van der Waals surface area contributed by atoms with E-state index in [4.69, 9.17) is 0 Å². The molecule has 1 fully saturated rings. The van der Waals surface area contributed by atoms with Gasteiger partial charge in [-0.3, -0.25) is 9.88 Å².